The van der Waals surface area contributed by atoms with Crippen LogP contribution in [0, 0.1) is 0 Å². The number of hydrogen-bond acceptors (Lipinski definition) is 2. The zero-order chi connectivity index (χ0) is 13.4. The third kappa shape index (κ3) is 4.34. The molecule has 1 rings (SSSR count). The van der Waals surface area contributed by atoms with Crippen LogP contribution in [0.25, 0.3) is 0 Å². The Morgan fingerprint density at radius 2 is 2.28 bits per heavy atom. The maximum absolute atomic E-state index is 5.61. The first-order valence-electron chi connectivity index (χ1n) is 6.21. The molecule has 0 unspecified atom stereocenters. The molecule has 0 N–H and O–H groups in total. The lowest BCUT2D eigenvalue weighted by atomic mass is 10.2. The van der Waals surface area contributed by atoms with Crippen molar-refractivity contribution in [2.24, 2.45) is 0 Å². The molecule has 0 aliphatic rings. The van der Waals surface area contributed by atoms with Crippen LogP contribution in [0.5, 0.6) is 0 Å². The number of allylic oxidation sites excluding steroid dienone is 2. The fourth-order valence-electron chi connectivity index (χ4n) is 1.69. The first kappa shape index (κ1) is 14.5. The Morgan fingerprint density at radius 3 is 2.89 bits per heavy atom. The van der Waals surface area contributed by atoms with Crippen LogP contribution in [0.2, 0.25) is 0 Å². The van der Waals surface area contributed by atoms with Gasteiger partial charge in [-0.2, -0.15) is 0 Å². The summed E-state index contributed by atoms with van der Waals surface area (Å²) in [6.45, 7) is 13.7. The van der Waals surface area contributed by atoms with Gasteiger partial charge in [-0.25, -0.2) is 4.98 Å². The van der Waals surface area contributed by atoms with Crippen LogP contribution in [-0.2, 0) is 11.3 Å². The van der Waals surface area contributed by atoms with Gasteiger partial charge in [0.1, 0.15) is 5.82 Å². The van der Waals surface area contributed by atoms with Gasteiger partial charge in [-0.3, -0.25) is 0 Å². The zero-order valence-corrected chi connectivity index (χ0v) is 11.3. The van der Waals surface area contributed by atoms with E-state index in [0.29, 0.717) is 19.1 Å². The van der Waals surface area contributed by atoms with Crippen molar-refractivity contribution in [3.05, 3.63) is 55.2 Å². The van der Waals surface area contributed by atoms with Crippen molar-refractivity contribution >= 4 is 0 Å². The lowest BCUT2D eigenvalue weighted by molar-refractivity contribution is 0.148. The third-order valence-corrected chi connectivity index (χ3v) is 2.60. The van der Waals surface area contributed by atoms with Gasteiger partial charge in [0.25, 0.3) is 0 Å². The SMILES string of the molecule is C=C/C=C(\C=C)COCCn1ccnc1C(C)C. The third-order valence-electron chi connectivity index (χ3n) is 2.60. The highest BCUT2D eigenvalue weighted by molar-refractivity contribution is 5.21. The van der Waals surface area contributed by atoms with Gasteiger partial charge < -0.3 is 9.30 Å². The van der Waals surface area contributed by atoms with Crippen molar-refractivity contribution in [1.29, 1.82) is 0 Å². The lowest BCUT2D eigenvalue weighted by Gasteiger charge is -2.10. The maximum Gasteiger partial charge on any atom is 0.111 e. The summed E-state index contributed by atoms with van der Waals surface area (Å²) in [5, 5.41) is 0. The van der Waals surface area contributed by atoms with E-state index in [2.05, 4.69) is 36.6 Å². The number of nitrogens with zero attached hydrogens (tertiary/aromatic N) is 2. The molecular weight excluding hydrogens is 224 g/mol. The number of aromatic nitrogens is 2. The molecule has 0 aromatic carbocycles. The van der Waals surface area contributed by atoms with Crippen LogP contribution in [0.3, 0.4) is 0 Å². The molecule has 0 aliphatic heterocycles. The van der Waals surface area contributed by atoms with Crippen molar-refractivity contribution in [3.8, 4) is 0 Å². The number of hydrogen-bond donors (Lipinski definition) is 0. The molecule has 1 aromatic heterocycles. The first-order valence-corrected chi connectivity index (χ1v) is 6.21. The van der Waals surface area contributed by atoms with Crippen molar-refractivity contribution in [3.63, 3.8) is 0 Å². The number of rotatable bonds is 8. The Bertz CT molecular complexity index is 416. The molecule has 3 nitrogen and oxygen atoms in total. The summed E-state index contributed by atoms with van der Waals surface area (Å²) in [7, 11) is 0. The van der Waals surface area contributed by atoms with Gasteiger partial charge in [-0.1, -0.05) is 45.2 Å². The van der Waals surface area contributed by atoms with E-state index in [0.717, 1.165) is 17.9 Å². The van der Waals surface area contributed by atoms with E-state index in [-0.39, 0.29) is 0 Å². The minimum absolute atomic E-state index is 0.435. The number of ether oxygens (including phenoxy) is 1. The normalized spacial score (nSPS) is 11.8. The molecule has 0 aliphatic carbocycles. The van der Waals surface area contributed by atoms with E-state index in [9.17, 15) is 0 Å². The fourth-order valence-corrected chi connectivity index (χ4v) is 1.69. The second-order valence-electron chi connectivity index (χ2n) is 4.37. The van der Waals surface area contributed by atoms with Gasteiger partial charge in [0, 0.05) is 24.9 Å². The van der Waals surface area contributed by atoms with E-state index in [1.807, 2.05) is 18.5 Å². The van der Waals surface area contributed by atoms with Crippen LogP contribution in [0.4, 0.5) is 0 Å². The molecule has 3 heteroatoms. The Kier molecular flexibility index (Phi) is 6.15. The molecular formula is C15H22N2O. The molecule has 0 fully saturated rings. The molecule has 18 heavy (non-hydrogen) atoms. The standard InChI is InChI=1S/C15H22N2O/c1-5-7-14(6-2)12-18-11-10-17-9-8-16-15(17)13(3)4/h5-9,13H,1-2,10-12H2,3-4H3/b14-7+. The van der Waals surface area contributed by atoms with E-state index in [1.165, 1.54) is 0 Å². The van der Waals surface area contributed by atoms with Gasteiger partial charge >= 0.3 is 0 Å². The monoisotopic (exact) mass is 246 g/mol. The first-order chi connectivity index (χ1) is 8.69. The molecule has 1 aromatic rings. The highest BCUT2D eigenvalue weighted by Gasteiger charge is 2.06. The smallest absolute Gasteiger partial charge is 0.111 e. The quantitative estimate of drug-likeness (QED) is 0.519. The van der Waals surface area contributed by atoms with Crippen LogP contribution in [-0.4, -0.2) is 22.8 Å². The molecule has 0 radical (unpaired) electrons. The van der Waals surface area contributed by atoms with Crippen molar-refractivity contribution in [2.45, 2.75) is 26.3 Å². The zero-order valence-electron chi connectivity index (χ0n) is 11.3. The molecule has 98 valence electrons. The largest absolute Gasteiger partial charge is 0.375 e. The Morgan fingerprint density at radius 1 is 1.50 bits per heavy atom. The number of imidazole rings is 1. The van der Waals surface area contributed by atoms with E-state index in [4.69, 9.17) is 4.74 Å². The average molecular weight is 246 g/mol. The molecule has 0 saturated heterocycles. The van der Waals surface area contributed by atoms with Crippen molar-refractivity contribution in [1.82, 2.24) is 9.55 Å². The van der Waals surface area contributed by atoms with E-state index >= 15 is 0 Å². The van der Waals surface area contributed by atoms with Crippen LogP contribution in [0.1, 0.15) is 25.6 Å². The summed E-state index contributed by atoms with van der Waals surface area (Å²) in [5.74, 6) is 1.54. The van der Waals surface area contributed by atoms with Gasteiger partial charge in [0.15, 0.2) is 0 Å². The molecule has 0 atom stereocenters. The predicted octanol–water partition coefficient (Wildman–Crippen LogP) is 3.32. The summed E-state index contributed by atoms with van der Waals surface area (Å²) in [6, 6.07) is 0. The van der Waals surface area contributed by atoms with Gasteiger partial charge in [0.05, 0.1) is 13.2 Å². The van der Waals surface area contributed by atoms with Crippen molar-refractivity contribution in [2.75, 3.05) is 13.2 Å². The lowest BCUT2D eigenvalue weighted by Crippen LogP contribution is -2.10. The predicted molar refractivity (Wildman–Crippen MR) is 75.6 cm³/mol. The highest BCUT2D eigenvalue weighted by Crippen LogP contribution is 2.11. The summed E-state index contributed by atoms with van der Waals surface area (Å²) >= 11 is 0. The molecule has 1 heterocycles. The topological polar surface area (TPSA) is 27.1 Å². The molecule has 0 spiro atoms. The average Bonchev–Trinajstić information content (AvgIpc) is 2.81. The Labute approximate surface area is 109 Å². The van der Waals surface area contributed by atoms with E-state index < -0.39 is 0 Å². The van der Waals surface area contributed by atoms with Crippen molar-refractivity contribution < 1.29 is 4.74 Å². The Hall–Kier alpha value is -1.61. The summed E-state index contributed by atoms with van der Waals surface area (Å²) < 4.78 is 7.75. The van der Waals surface area contributed by atoms with Crippen LogP contribution < -0.4 is 0 Å². The fraction of sp³-hybridized carbons (Fsp3) is 0.400. The summed E-state index contributed by atoms with van der Waals surface area (Å²) in [6.07, 6.45) is 9.27. The highest BCUT2D eigenvalue weighted by atomic mass is 16.5. The second kappa shape index (κ2) is 7.67. The molecule has 0 bridgehead atoms. The van der Waals surface area contributed by atoms with Gasteiger partial charge in [-0.15, -0.1) is 0 Å². The molecule has 0 saturated carbocycles. The second-order valence-corrected chi connectivity index (χ2v) is 4.37. The van der Waals surface area contributed by atoms with Crippen LogP contribution in [0.15, 0.2) is 49.4 Å². The summed E-state index contributed by atoms with van der Waals surface area (Å²) in [4.78, 5) is 4.34. The minimum Gasteiger partial charge on any atom is -0.375 e. The summed E-state index contributed by atoms with van der Waals surface area (Å²) in [5.41, 5.74) is 1.04. The maximum atomic E-state index is 5.61. The van der Waals surface area contributed by atoms with Crippen LogP contribution >= 0.6 is 0 Å². The Balaban J connectivity index is 2.38. The molecule has 0 amide bonds. The van der Waals surface area contributed by atoms with Gasteiger partial charge in [0.2, 0.25) is 0 Å². The van der Waals surface area contributed by atoms with E-state index in [1.54, 1.807) is 12.2 Å². The van der Waals surface area contributed by atoms with Gasteiger partial charge in [-0.05, 0) is 5.57 Å². The minimum atomic E-state index is 0.435.